The van der Waals surface area contributed by atoms with Gasteiger partial charge in [-0.15, -0.1) is 11.3 Å². The summed E-state index contributed by atoms with van der Waals surface area (Å²) in [6.45, 7) is 3.80. The van der Waals surface area contributed by atoms with E-state index in [1.54, 1.807) is 18.2 Å². The Morgan fingerprint density at radius 3 is 2.71 bits per heavy atom. The first-order valence-electron chi connectivity index (χ1n) is 6.65. The van der Waals surface area contributed by atoms with Gasteiger partial charge in [-0.25, -0.2) is 0 Å². The number of hydrogen-bond acceptors (Lipinski definition) is 4. The van der Waals surface area contributed by atoms with Crippen molar-refractivity contribution in [3.8, 4) is 0 Å². The minimum atomic E-state index is -1.78. The number of carbonyl (C=O) groups is 2. The molecule has 21 heavy (non-hydrogen) atoms. The Morgan fingerprint density at radius 2 is 2.05 bits per heavy atom. The molecule has 1 aromatic heterocycles. The molecule has 2 heterocycles. The van der Waals surface area contributed by atoms with Crippen molar-refractivity contribution < 1.29 is 14.7 Å². The second-order valence-corrected chi connectivity index (χ2v) is 6.66. The molecule has 1 aromatic carbocycles. The van der Waals surface area contributed by atoms with Gasteiger partial charge in [0.15, 0.2) is 11.4 Å². The van der Waals surface area contributed by atoms with Gasteiger partial charge in [0, 0.05) is 16.1 Å². The molecule has 2 N–H and O–H groups in total. The Balaban J connectivity index is 1.96. The van der Waals surface area contributed by atoms with Gasteiger partial charge in [0.2, 0.25) is 0 Å². The summed E-state index contributed by atoms with van der Waals surface area (Å²) in [4.78, 5) is 26.0. The summed E-state index contributed by atoms with van der Waals surface area (Å²) in [7, 11) is 0. The van der Waals surface area contributed by atoms with Gasteiger partial charge >= 0.3 is 0 Å². The highest BCUT2D eigenvalue weighted by Gasteiger charge is 2.46. The second-order valence-electron chi connectivity index (χ2n) is 5.37. The van der Waals surface area contributed by atoms with Crippen LogP contribution in [0.4, 0.5) is 5.69 Å². The van der Waals surface area contributed by atoms with Gasteiger partial charge < -0.3 is 10.4 Å². The molecular formula is C16H15NO3S. The number of rotatable bonds is 3. The van der Waals surface area contributed by atoms with Crippen LogP contribution in [-0.4, -0.2) is 16.8 Å². The van der Waals surface area contributed by atoms with E-state index in [9.17, 15) is 14.7 Å². The summed E-state index contributed by atoms with van der Waals surface area (Å²) in [5.41, 5.74) is 0.205. The Labute approximate surface area is 126 Å². The maximum Gasteiger partial charge on any atom is 0.261 e. The zero-order chi connectivity index (χ0) is 15.2. The van der Waals surface area contributed by atoms with Crippen LogP contribution in [0.3, 0.4) is 0 Å². The predicted octanol–water partition coefficient (Wildman–Crippen LogP) is 2.78. The van der Waals surface area contributed by atoms with Crippen LogP contribution in [0, 0.1) is 13.8 Å². The number of thiophene rings is 1. The van der Waals surface area contributed by atoms with Crippen LogP contribution in [0.5, 0.6) is 0 Å². The van der Waals surface area contributed by atoms with Gasteiger partial charge in [-0.3, -0.25) is 9.59 Å². The van der Waals surface area contributed by atoms with E-state index in [4.69, 9.17) is 0 Å². The number of nitrogens with one attached hydrogen (secondary N) is 1. The van der Waals surface area contributed by atoms with Crippen LogP contribution in [0.15, 0.2) is 30.3 Å². The van der Waals surface area contributed by atoms with Gasteiger partial charge in [0.1, 0.15) is 0 Å². The maximum atomic E-state index is 12.3. The molecule has 1 amide bonds. The molecule has 3 rings (SSSR count). The van der Waals surface area contributed by atoms with Gasteiger partial charge in [0.05, 0.1) is 11.3 Å². The Bertz CT molecular complexity index is 750. The topological polar surface area (TPSA) is 66.4 Å². The summed E-state index contributed by atoms with van der Waals surface area (Å²) in [5.74, 6) is -0.759. The van der Waals surface area contributed by atoms with E-state index in [2.05, 4.69) is 5.32 Å². The molecule has 0 radical (unpaired) electrons. The van der Waals surface area contributed by atoms with E-state index in [0.29, 0.717) is 16.1 Å². The number of hydrogen-bond donors (Lipinski definition) is 2. The highest BCUT2D eigenvalue weighted by Crippen LogP contribution is 2.39. The summed E-state index contributed by atoms with van der Waals surface area (Å²) in [6.07, 6.45) is -0.241. The lowest BCUT2D eigenvalue weighted by Gasteiger charge is -2.19. The number of aryl methyl sites for hydroxylation is 2. The molecule has 0 spiro atoms. The van der Waals surface area contributed by atoms with Crippen LogP contribution in [-0.2, 0) is 10.4 Å². The van der Waals surface area contributed by atoms with Gasteiger partial charge in [-0.1, -0.05) is 17.7 Å². The average molecular weight is 301 g/mol. The lowest BCUT2D eigenvalue weighted by Crippen LogP contribution is -2.36. The Hall–Kier alpha value is -1.98. The van der Waals surface area contributed by atoms with E-state index in [0.717, 1.165) is 10.4 Å². The molecule has 5 heteroatoms. The summed E-state index contributed by atoms with van der Waals surface area (Å²) in [6, 6.07) is 8.94. The highest BCUT2D eigenvalue weighted by atomic mass is 32.1. The zero-order valence-electron chi connectivity index (χ0n) is 11.8. The Morgan fingerprint density at radius 1 is 1.29 bits per heavy atom. The first kappa shape index (κ1) is 14.0. The smallest absolute Gasteiger partial charge is 0.261 e. The molecule has 0 bridgehead atoms. The monoisotopic (exact) mass is 301 g/mol. The molecule has 0 saturated carbocycles. The van der Waals surface area contributed by atoms with Crippen molar-refractivity contribution in [1.82, 2.24) is 0 Å². The van der Waals surface area contributed by atoms with Crippen molar-refractivity contribution in [1.29, 1.82) is 0 Å². The number of carbonyl (C=O) groups excluding carboxylic acids is 2. The van der Waals surface area contributed by atoms with Crippen molar-refractivity contribution in [2.75, 3.05) is 5.32 Å². The van der Waals surface area contributed by atoms with Crippen LogP contribution in [0.2, 0.25) is 0 Å². The van der Waals surface area contributed by atoms with E-state index in [1.807, 2.05) is 26.0 Å². The molecule has 1 aliphatic heterocycles. The predicted molar refractivity (Wildman–Crippen MR) is 81.7 cm³/mol. The standard InChI is InChI=1S/C16H15NO3S/c1-9-3-5-12-11(7-9)16(20,15(19)17-12)8-13(18)14-6-4-10(2)21-14/h3-7,20H,8H2,1-2H3,(H,17,19)/t16-/m1/s1. The van der Waals surface area contributed by atoms with E-state index >= 15 is 0 Å². The molecule has 2 aromatic rings. The van der Waals surface area contributed by atoms with Crippen LogP contribution in [0.1, 0.15) is 32.1 Å². The first-order chi connectivity index (χ1) is 9.90. The molecule has 0 fully saturated rings. The molecule has 1 atom stereocenters. The zero-order valence-corrected chi connectivity index (χ0v) is 12.6. The summed E-state index contributed by atoms with van der Waals surface area (Å²) >= 11 is 1.37. The molecule has 1 aliphatic rings. The minimum absolute atomic E-state index is 0.222. The largest absolute Gasteiger partial charge is 0.375 e. The molecule has 0 aliphatic carbocycles. The second kappa shape index (κ2) is 4.79. The quantitative estimate of drug-likeness (QED) is 0.857. The SMILES string of the molecule is Cc1ccc2c(c1)[C@](O)(CC(=O)c1ccc(C)s1)C(=O)N2. The first-order valence-corrected chi connectivity index (χ1v) is 7.46. The van der Waals surface area contributed by atoms with Crippen LogP contribution >= 0.6 is 11.3 Å². The summed E-state index contributed by atoms with van der Waals surface area (Å²) in [5, 5.41) is 13.4. The van der Waals surface area contributed by atoms with Crippen molar-refractivity contribution in [3.05, 3.63) is 51.2 Å². The molecule has 0 unspecified atom stereocenters. The fourth-order valence-corrected chi connectivity index (χ4v) is 3.34. The third-order valence-corrected chi connectivity index (χ3v) is 4.72. The number of aliphatic hydroxyl groups is 1. The van der Waals surface area contributed by atoms with E-state index in [-0.39, 0.29) is 12.2 Å². The lowest BCUT2D eigenvalue weighted by molar-refractivity contribution is -0.133. The van der Waals surface area contributed by atoms with Crippen molar-refractivity contribution in [2.24, 2.45) is 0 Å². The number of anilines is 1. The van der Waals surface area contributed by atoms with Gasteiger partial charge in [-0.05, 0) is 32.0 Å². The number of Topliss-reactive ketones (excluding diaryl/α,β-unsaturated/α-hetero) is 1. The average Bonchev–Trinajstić information content (AvgIpc) is 2.95. The molecule has 4 nitrogen and oxygen atoms in total. The summed E-state index contributed by atoms with van der Waals surface area (Å²) < 4.78 is 0. The van der Waals surface area contributed by atoms with Gasteiger partial charge in [0.25, 0.3) is 5.91 Å². The fraction of sp³-hybridized carbons (Fsp3) is 0.250. The molecular weight excluding hydrogens is 286 g/mol. The third kappa shape index (κ3) is 2.28. The Kier molecular flexibility index (Phi) is 3.19. The number of amides is 1. The van der Waals surface area contributed by atoms with E-state index in [1.165, 1.54) is 11.3 Å². The molecule has 108 valence electrons. The minimum Gasteiger partial charge on any atom is -0.375 e. The van der Waals surface area contributed by atoms with E-state index < -0.39 is 11.5 Å². The fourth-order valence-electron chi connectivity index (χ4n) is 2.54. The number of ketones is 1. The van der Waals surface area contributed by atoms with Crippen molar-refractivity contribution in [3.63, 3.8) is 0 Å². The number of benzene rings is 1. The number of fused-ring (bicyclic) bond motifs is 1. The van der Waals surface area contributed by atoms with Crippen LogP contribution in [0.25, 0.3) is 0 Å². The van der Waals surface area contributed by atoms with Gasteiger partial charge in [-0.2, -0.15) is 0 Å². The maximum absolute atomic E-state index is 12.3. The molecule has 0 saturated heterocycles. The lowest BCUT2D eigenvalue weighted by atomic mass is 9.89. The van der Waals surface area contributed by atoms with Crippen LogP contribution < -0.4 is 5.32 Å². The normalized spacial score (nSPS) is 20.2. The third-order valence-electron chi connectivity index (χ3n) is 3.68. The van der Waals surface area contributed by atoms with Crippen molar-refractivity contribution >= 4 is 28.7 Å². The van der Waals surface area contributed by atoms with Crippen molar-refractivity contribution in [2.45, 2.75) is 25.9 Å². The highest BCUT2D eigenvalue weighted by molar-refractivity contribution is 7.14.